The number of benzene rings is 2. The molecule has 0 saturated heterocycles. The van der Waals surface area contributed by atoms with Gasteiger partial charge in [-0.25, -0.2) is 0 Å². The lowest BCUT2D eigenvalue weighted by molar-refractivity contribution is 0.0428. The third-order valence-electron chi connectivity index (χ3n) is 2.41. The Morgan fingerprint density at radius 3 is 1.71 bits per heavy atom. The van der Waals surface area contributed by atoms with Crippen molar-refractivity contribution in [1.82, 2.24) is 0 Å². The Kier molecular flexibility index (Phi) is 3.82. The van der Waals surface area contributed by atoms with E-state index in [4.69, 9.17) is 0 Å². The van der Waals surface area contributed by atoms with E-state index < -0.39 is 5.92 Å². The highest BCUT2D eigenvalue weighted by atomic mass is 127. The molecule has 2 aromatic rings. The van der Waals surface area contributed by atoms with Crippen LogP contribution < -0.4 is 0 Å². The van der Waals surface area contributed by atoms with Gasteiger partial charge >= 0.3 is 0 Å². The molecule has 0 aliphatic carbocycles. The van der Waals surface area contributed by atoms with E-state index in [2.05, 4.69) is 38.5 Å². The predicted molar refractivity (Wildman–Crippen MR) is 76.3 cm³/mol. The van der Waals surface area contributed by atoms with Gasteiger partial charge in [-0.1, -0.05) is 40.2 Å². The first-order chi connectivity index (χ1) is 8.00. The summed E-state index contributed by atoms with van der Waals surface area (Å²) >= 11 is 5.32. The number of alkyl halides is 2. The summed E-state index contributed by atoms with van der Waals surface area (Å²) in [5, 5.41) is 0. The number of hydrogen-bond acceptors (Lipinski definition) is 0. The minimum absolute atomic E-state index is 0.00177. The quantitative estimate of drug-likeness (QED) is 0.599. The third kappa shape index (κ3) is 2.85. The SMILES string of the molecule is FC(F)(c1ccc(Br)cc1)c1ccc(I)cc1. The van der Waals surface area contributed by atoms with Gasteiger partial charge in [0.05, 0.1) is 0 Å². The van der Waals surface area contributed by atoms with Gasteiger partial charge in [-0.15, -0.1) is 0 Å². The van der Waals surface area contributed by atoms with Gasteiger partial charge in [-0.05, 0) is 46.9 Å². The van der Waals surface area contributed by atoms with Crippen molar-refractivity contribution >= 4 is 38.5 Å². The second kappa shape index (κ2) is 5.02. The van der Waals surface area contributed by atoms with E-state index in [-0.39, 0.29) is 11.1 Å². The van der Waals surface area contributed by atoms with Crippen molar-refractivity contribution < 1.29 is 8.78 Å². The lowest BCUT2D eigenvalue weighted by Crippen LogP contribution is -2.14. The maximum atomic E-state index is 14.1. The normalized spacial score (nSPS) is 11.5. The fourth-order valence-electron chi connectivity index (χ4n) is 1.49. The van der Waals surface area contributed by atoms with Crippen molar-refractivity contribution in [1.29, 1.82) is 0 Å². The molecule has 0 nitrogen and oxygen atoms in total. The Balaban J connectivity index is 2.41. The Labute approximate surface area is 120 Å². The molecule has 0 N–H and O–H groups in total. The number of halogens is 4. The molecule has 0 amide bonds. The van der Waals surface area contributed by atoms with Gasteiger partial charge < -0.3 is 0 Å². The van der Waals surface area contributed by atoms with Crippen LogP contribution in [-0.4, -0.2) is 0 Å². The maximum absolute atomic E-state index is 14.1. The molecule has 0 aliphatic rings. The smallest absolute Gasteiger partial charge is 0.196 e. The summed E-state index contributed by atoms with van der Waals surface area (Å²) in [5.74, 6) is -2.95. The molecule has 0 saturated carbocycles. The lowest BCUT2D eigenvalue weighted by Gasteiger charge is -2.17. The second-order valence-electron chi connectivity index (χ2n) is 3.59. The van der Waals surface area contributed by atoms with Crippen LogP contribution in [0.2, 0.25) is 0 Å². The first-order valence-electron chi connectivity index (χ1n) is 4.90. The molecule has 0 atom stereocenters. The fraction of sp³-hybridized carbons (Fsp3) is 0.0769. The summed E-state index contributed by atoms with van der Waals surface area (Å²) in [5.41, 5.74) is 0.0159. The summed E-state index contributed by atoms with van der Waals surface area (Å²) < 4.78 is 30.0. The minimum atomic E-state index is -2.95. The average Bonchev–Trinajstić information content (AvgIpc) is 2.30. The molecule has 0 radical (unpaired) electrons. The Morgan fingerprint density at radius 1 is 0.824 bits per heavy atom. The third-order valence-corrected chi connectivity index (χ3v) is 3.66. The monoisotopic (exact) mass is 408 g/mol. The van der Waals surface area contributed by atoms with E-state index in [9.17, 15) is 8.78 Å². The van der Waals surface area contributed by atoms with E-state index in [1.54, 1.807) is 24.3 Å². The van der Waals surface area contributed by atoms with Gasteiger partial charge in [0.15, 0.2) is 0 Å². The summed E-state index contributed by atoms with van der Waals surface area (Å²) in [6, 6.07) is 12.4. The van der Waals surface area contributed by atoms with E-state index in [0.717, 1.165) is 8.04 Å². The van der Waals surface area contributed by atoms with Crippen LogP contribution in [0, 0.1) is 3.57 Å². The average molecular weight is 409 g/mol. The molecule has 0 bridgehead atoms. The van der Waals surface area contributed by atoms with Crippen molar-refractivity contribution in [2.45, 2.75) is 5.92 Å². The Morgan fingerprint density at radius 2 is 1.24 bits per heavy atom. The van der Waals surface area contributed by atoms with Crippen LogP contribution in [-0.2, 0) is 5.92 Å². The van der Waals surface area contributed by atoms with Crippen LogP contribution >= 0.6 is 38.5 Å². The van der Waals surface area contributed by atoms with Gasteiger partial charge in [0, 0.05) is 19.2 Å². The van der Waals surface area contributed by atoms with Gasteiger partial charge in [0.1, 0.15) is 0 Å². The molecular formula is C13H8BrF2I. The van der Waals surface area contributed by atoms with E-state index in [0.29, 0.717) is 0 Å². The highest BCUT2D eigenvalue weighted by molar-refractivity contribution is 14.1. The van der Waals surface area contributed by atoms with Crippen LogP contribution in [0.25, 0.3) is 0 Å². The largest absolute Gasteiger partial charge is 0.298 e. The molecule has 0 aromatic heterocycles. The lowest BCUT2D eigenvalue weighted by atomic mass is 10.0. The highest BCUT2D eigenvalue weighted by Crippen LogP contribution is 2.36. The van der Waals surface area contributed by atoms with Gasteiger partial charge in [-0.3, -0.25) is 0 Å². The molecule has 0 aliphatic heterocycles. The zero-order chi connectivity index (χ0) is 12.5. The summed E-state index contributed by atoms with van der Waals surface area (Å²) in [4.78, 5) is 0. The van der Waals surface area contributed by atoms with E-state index in [1.807, 2.05) is 0 Å². The van der Waals surface area contributed by atoms with E-state index >= 15 is 0 Å². The number of rotatable bonds is 2. The van der Waals surface area contributed by atoms with E-state index in [1.165, 1.54) is 24.3 Å². The predicted octanol–water partition coefficient (Wildman–Crippen LogP) is 5.19. The minimum Gasteiger partial charge on any atom is -0.196 e. The summed E-state index contributed by atoms with van der Waals surface area (Å²) in [6.45, 7) is 0. The zero-order valence-corrected chi connectivity index (χ0v) is 12.4. The van der Waals surface area contributed by atoms with Gasteiger partial charge in [-0.2, -0.15) is 8.78 Å². The Hall–Kier alpha value is -0.490. The Bertz CT molecular complexity index is 458. The molecule has 17 heavy (non-hydrogen) atoms. The topological polar surface area (TPSA) is 0 Å². The number of hydrogen-bond donors (Lipinski definition) is 0. The van der Waals surface area contributed by atoms with Crippen LogP contribution in [0.15, 0.2) is 53.0 Å². The highest BCUT2D eigenvalue weighted by Gasteiger charge is 2.33. The molecule has 0 heterocycles. The summed E-state index contributed by atoms with van der Waals surface area (Å²) in [7, 11) is 0. The first kappa shape index (κ1) is 13.0. The van der Waals surface area contributed by atoms with Crippen LogP contribution in [0.1, 0.15) is 11.1 Å². The van der Waals surface area contributed by atoms with Crippen molar-refractivity contribution in [3.63, 3.8) is 0 Å². The van der Waals surface area contributed by atoms with Crippen LogP contribution in [0.5, 0.6) is 0 Å². The standard InChI is InChI=1S/C13H8BrF2I/c14-11-5-1-9(2-6-11)13(15,16)10-3-7-12(17)8-4-10/h1-8H. The van der Waals surface area contributed by atoms with Crippen LogP contribution in [0.3, 0.4) is 0 Å². The van der Waals surface area contributed by atoms with Gasteiger partial charge in [0.25, 0.3) is 5.92 Å². The molecule has 2 rings (SSSR count). The maximum Gasteiger partial charge on any atom is 0.298 e. The van der Waals surface area contributed by atoms with Crippen molar-refractivity contribution in [2.24, 2.45) is 0 Å². The van der Waals surface area contributed by atoms with Crippen molar-refractivity contribution in [3.8, 4) is 0 Å². The molecule has 0 fully saturated rings. The molecule has 0 spiro atoms. The summed E-state index contributed by atoms with van der Waals surface area (Å²) in [6.07, 6.45) is 0. The van der Waals surface area contributed by atoms with Crippen molar-refractivity contribution in [3.05, 3.63) is 67.7 Å². The molecule has 2 aromatic carbocycles. The molecule has 0 unspecified atom stereocenters. The first-order valence-corrected chi connectivity index (χ1v) is 6.77. The van der Waals surface area contributed by atoms with Crippen LogP contribution in [0.4, 0.5) is 8.78 Å². The second-order valence-corrected chi connectivity index (χ2v) is 5.75. The van der Waals surface area contributed by atoms with Gasteiger partial charge in [0.2, 0.25) is 0 Å². The molecule has 4 heteroatoms. The molecular weight excluding hydrogens is 401 g/mol. The zero-order valence-electron chi connectivity index (χ0n) is 8.63. The molecule has 88 valence electrons. The fourth-order valence-corrected chi connectivity index (χ4v) is 2.11. The van der Waals surface area contributed by atoms with Crippen molar-refractivity contribution in [2.75, 3.05) is 0 Å².